The van der Waals surface area contributed by atoms with E-state index in [0.717, 1.165) is 0 Å². The van der Waals surface area contributed by atoms with Crippen molar-refractivity contribution in [3.63, 3.8) is 0 Å². The van der Waals surface area contributed by atoms with E-state index in [0.29, 0.717) is 30.0 Å². The quantitative estimate of drug-likeness (QED) is 0.848. The van der Waals surface area contributed by atoms with Crippen LogP contribution in [0, 0.1) is 5.41 Å². The lowest BCUT2D eigenvalue weighted by Gasteiger charge is -2.24. The van der Waals surface area contributed by atoms with E-state index in [1.807, 2.05) is 0 Å². The number of aliphatic carboxylic acids is 1. The van der Waals surface area contributed by atoms with Crippen molar-refractivity contribution in [1.29, 1.82) is 0 Å². The molecule has 1 saturated heterocycles. The Morgan fingerprint density at radius 1 is 1.26 bits per heavy atom. The van der Waals surface area contributed by atoms with E-state index in [9.17, 15) is 14.7 Å². The van der Waals surface area contributed by atoms with Gasteiger partial charge in [-0.25, -0.2) is 0 Å². The van der Waals surface area contributed by atoms with Gasteiger partial charge in [-0.1, -0.05) is 0 Å². The van der Waals surface area contributed by atoms with Crippen LogP contribution in [0.25, 0.3) is 0 Å². The van der Waals surface area contributed by atoms with Gasteiger partial charge in [0.2, 0.25) is 0 Å². The summed E-state index contributed by atoms with van der Waals surface area (Å²) in [5.41, 5.74) is -0.670. The minimum Gasteiger partial charge on any atom is -0.497 e. The number of rotatable bonds is 6. The van der Waals surface area contributed by atoms with Crippen LogP contribution >= 0.6 is 0 Å². The van der Waals surface area contributed by atoms with Gasteiger partial charge in [-0.15, -0.1) is 0 Å². The number of ether oxygens (including phenoxy) is 3. The van der Waals surface area contributed by atoms with Crippen LogP contribution in [-0.4, -0.2) is 62.9 Å². The van der Waals surface area contributed by atoms with E-state index in [4.69, 9.17) is 14.2 Å². The summed E-state index contributed by atoms with van der Waals surface area (Å²) in [5, 5.41) is 9.47. The number of carbonyl (C=O) groups excluding carboxylic acids is 1. The molecule has 0 saturated carbocycles. The third kappa shape index (κ3) is 3.24. The van der Waals surface area contributed by atoms with Gasteiger partial charge in [-0.05, 0) is 18.6 Å². The van der Waals surface area contributed by atoms with Gasteiger partial charge < -0.3 is 24.2 Å². The molecule has 1 N–H and O–H groups in total. The predicted octanol–water partition coefficient (Wildman–Crippen LogP) is 1.27. The number of methoxy groups -OCH3 is 3. The van der Waals surface area contributed by atoms with Crippen molar-refractivity contribution < 1.29 is 28.9 Å². The average Bonchev–Trinajstić information content (AvgIpc) is 2.99. The third-order valence-corrected chi connectivity index (χ3v) is 4.15. The van der Waals surface area contributed by atoms with Crippen molar-refractivity contribution in [3.8, 4) is 11.5 Å². The van der Waals surface area contributed by atoms with Crippen molar-refractivity contribution in [1.82, 2.24) is 4.90 Å². The number of carbonyl (C=O) groups is 2. The van der Waals surface area contributed by atoms with Crippen molar-refractivity contribution in [2.75, 3.05) is 41.0 Å². The molecule has 0 radical (unpaired) electrons. The molecule has 0 bridgehead atoms. The van der Waals surface area contributed by atoms with E-state index in [1.54, 1.807) is 18.2 Å². The maximum absolute atomic E-state index is 12.7. The highest BCUT2D eigenvalue weighted by molar-refractivity contribution is 5.98. The molecular weight excluding hydrogens is 302 g/mol. The highest BCUT2D eigenvalue weighted by Gasteiger charge is 2.46. The molecule has 1 aromatic rings. The molecule has 1 amide bonds. The molecule has 1 aliphatic rings. The van der Waals surface area contributed by atoms with Crippen LogP contribution in [0.2, 0.25) is 0 Å². The molecular formula is C16H21NO6. The van der Waals surface area contributed by atoms with Gasteiger partial charge in [0.25, 0.3) is 5.91 Å². The van der Waals surface area contributed by atoms with Crippen molar-refractivity contribution in [2.45, 2.75) is 6.42 Å². The largest absolute Gasteiger partial charge is 0.497 e. The molecule has 2 rings (SSSR count). The van der Waals surface area contributed by atoms with Crippen molar-refractivity contribution in [2.24, 2.45) is 5.41 Å². The van der Waals surface area contributed by atoms with Crippen molar-refractivity contribution in [3.05, 3.63) is 23.8 Å². The molecule has 1 aromatic carbocycles. The smallest absolute Gasteiger partial charge is 0.313 e. The molecule has 1 aliphatic heterocycles. The first-order valence-electron chi connectivity index (χ1n) is 7.21. The Labute approximate surface area is 134 Å². The highest BCUT2D eigenvalue weighted by Crippen LogP contribution is 2.34. The van der Waals surface area contributed by atoms with Gasteiger partial charge in [0.1, 0.15) is 16.9 Å². The molecule has 1 atom stereocenters. The van der Waals surface area contributed by atoms with Crippen LogP contribution in [-0.2, 0) is 9.53 Å². The SMILES string of the molecule is COCC1(C(=O)O)CCN(C(=O)c2ccc(OC)cc2OC)C1. The second-order valence-electron chi connectivity index (χ2n) is 5.56. The molecule has 23 heavy (non-hydrogen) atoms. The fourth-order valence-corrected chi connectivity index (χ4v) is 2.82. The fourth-order valence-electron chi connectivity index (χ4n) is 2.82. The number of hydrogen-bond donors (Lipinski definition) is 1. The van der Waals surface area contributed by atoms with Crippen LogP contribution in [0.1, 0.15) is 16.8 Å². The number of hydrogen-bond acceptors (Lipinski definition) is 5. The molecule has 0 aromatic heterocycles. The monoisotopic (exact) mass is 323 g/mol. The zero-order valence-electron chi connectivity index (χ0n) is 13.5. The Hall–Kier alpha value is -2.28. The first-order chi connectivity index (χ1) is 11.0. The first-order valence-corrected chi connectivity index (χ1v) is 7.21. The summed E-state index contributed by atoms with van der Waals surface area (Å²) in [6, 6.07) is 4.92. The second-order valence-corrected chi connectivity index (χ2v) is 5.56. The Morgan fingerprint density at radius 3 is 2.57 bits per heavy atom. The number of amides is 1. The normalized spacial score (nSPS) is 20.4. The average molecular weight is 323 g/mol. The van der Waals surface area contributed by atoms with E-state index in [-0.39, 0.29) is 19.1 Å². The highest BCUT2D eigenvalue weighted by atomic mass is 16.5. The Morgan fingerprint density at radius 2 is 2.00 bits per heavy atom. The first kappa shape index (κ1) is 17.1. The molecule has 7 heteroatoms. The summed E-state index contributed by atoms with van der Waals surface area (Å²) >= 11 is 0. The summed E-state index contributed by atoms with van der Waals surface area (Å²) in [6.07, 6.45) is 0.361. The molecule has 1 fully saturated rings. The molecule has 0 aliphatic carbocycles. The lowest BCUT2D eigenvalue weighted by atomic mass is 9.88. The minimum absolute atomic E-state index is 0.0753. The van der Waals surface area contributed by atoms with E-state index in [1.165, 1.54) is 26.2 Å². The lowest BCUT2D eigenvalue weighted by molar-refractivity contribution is -0.151. The van der Waals surface area contributed by atoms with Crippen molar-refractivity contribution >= 4 is 11.9 Å². The fraction of sp³-hybridized carbons (Fsp3) is 0.500. The van der Waals surface area contributed by atoms with Gasteiger partial charge in [0, 0.05) is 26.3 Å². The second kappa shape index (κ2) is 6.87. The van der Waals surface area contributed by atoms with Crippen LogP contribution in [0.15, 0.2) is 18.2 Å². The summed E-state index contributed by atoms with van der Waals surface area (Å²) in [5.74, 6) is -0.229. The van der Waals surface area contributed by atoms with Crippen LogP contribution < -0.4 is 9.47 Å². The molecule has 1 unspecified atom stereocenters. The Bertz CT molecular complexity index is 602. The number of nitrogens with zero attached hydrogens (tertiary/aromatic N) is 1. The summed E-state index contributed by atoms with van der Waals surface area (Å²) in [6.45, 7) is 0.555. The standard InChI is InChI=1S/C16H21NO6/c1-21-10-16(15(19)20)6-7-17(9-16)14(18)12-5-4-11(22-2)8-13(12)23-3/h4-5,8H,6-7,9-10H2,1-3H3,(H,19,20). The topological polar surface area (TPSA) is 85.3 Å². The van der Waals surface area contributed by atoms with Gasteiger partial charge in [-0.3, -0.25) is 9.59 Å². The minimum atomic E-state index is -1.05. The molecule has 1 heterocycles. The Kier molecular flexibility index (Phi) is 5.10. The van der Waals surface area contributed by atoms with Gasteiger partial charge >= 0.3 is 5.97 Å². The lowest BCUT2D eigenvalue weighted by Crippen LogP contribution is -2.40. The van der Waals surface area contributed by atoms with Gasteiger partial charge in [0.15, 0.2) is 0 Å². The van der Waals surface area contributed by atoms with Gasteiger partial charge in [-0.2, -0.15) is 0 Å². The van der Waals surface area contributed by atoms with Crippen LogP contribution in [0.3, 0.4) is 0 Å². The van der Waals surface area contributed by atoms with E-state index < -0.39 is 11.4 Å². The maximum atomic E-state index is 12.7. The zero-order valence-corrected chi connectivity index (χ0v) is 13.5. The molecule has 126 valence electrons. The van der Waals surface area contributed by atoms with E-state index in [2.05, 4.69) is 0 Å². The number of carboxylic acids is 1. The summed E-state index contributed by atoms with van der Waals surface area (Å²) < 4.78 is 15.4. The predicted molar refractivity (Wildman–Crippen MR) is 82.0 cm³/mol. The summed E-state index contributed by atoms with van der Waals surface area (Å²) in [4.78, 5) is 25.8. The van der Waals surface area contributed by atoms with Crippen LogP contribution in [0.4, 0.5) is 0 Å². The number of likely N-dealkylation sites (tertiary alicyclic amines) is 1. The van der Waals surface area contributed by atoms with E-state index >= 15 is 0 Å². The van der Waals surface area contributed by atoms with Crippen LogP contribution in [0.5, 0.6) is 11.5 Å². The molecule has 7 nitrogen and oxygen atoms in total. The Balaban J connectivity index is 2.24. The number of benzene rings is 1. The summed E-state index contributed by atoms with van der Waals surface area (Å²) in [7, 11) is 4.46. The number of carboxylic acid groups (broad SMARTS) is 1. The zero-order chi connectivity index (χ0) is 17.0. The molecule has 0 spiro atoms. The maximum Gasteiger partial charge on any atom is 0.313 e. The third-order valence-electron chi connectivity index (χ3n) is 4.15. The van der Waals surface area contributed by atoms with Gasteiger partial charge in [0.05, 0.1) is 26.4 Å².